The number of fused-ring (bicyclic) bond motifs is 2. The number of nitrogens with zero attached hydrogens (tertiary/aromatic N) is 9. The maximum atomic E-state index is 13.8. The maximum absolute atomic E-state index is 13.8. The van der Waals surface area contributed by atoms with E-state index in [0.29, 0.717) is 75.9 Å². The van der Waals surface area contributed by atoms with Crippen molar-refractivity contribution in [3.63, 3.8) is 0 Å². The second-order valence-corrected chi connectivity index (χ2v) is 14.0. The molecule has 0 radical (unpaired) electrons. The number of carbonyl (C=O) groups excluding carboxylic acids is 4. The molecular weight excluding hydrogens is 835 g/mol. The first kappa shape index (κ1) is 47.8. The third-order valence-corrected chi connectivity index (χ3v) is 9.61. The molecule has 6 aromatic rings. The van der Waals surface area contributed by atoms with Gasteiger partial charge in [-0.15, -0.1) is 0 Å². The van der Waals surface area contributed by atoms with Gasteiger partial charge in [0.2, 0.25) is 23.7 Å². The number of anilines is 2. The number of methoxy groups -OCH3 is 1. The molecule has 0 bridgehead atoms. The molecule has 4 heterocycles. The summed E-state index contributed by atoms with van der Waals surface area (Å²) in [5.41, 5.74) is 26.6. The fourth-order valence-corrected chi connectivity index (χ4v) is 6.73. The molecular formula is C44H55N15O6. The first-order valence-electron chi connectivity index (χ1n) is 20.8. The van der Waals surface area contributed by atoms with Gasteiger partial charge in [-0.2, -0.15) is 10.2 Å². The van der Waals surface area contributed by atoms with Gasteiger partial charge in [0.25, 0.3) is 11.8 Å². The average Bonchev–Trinajstić information content (AvgIpc) is 4.06. The molecule has 0 aliphatic rings. The molecule has 342 valence electrons. The fraction of sp³-hybridized carbons (Fsp3) is 0.295. The minimum atomic E-state index is -0.706. The number of benzene rings is 2. The van der Waals surface area contributed by atoms with Crippen LogP contribution in [0.15, 0.2) is 77.6 Å². The molecule has 0 unspecified atom stereocenters. The quantitative estimate of drug-likeness (QED) is 0.0493. The molecule has 6 rings (SSSR count). The lowest BCUT2D eigenvalue weighted by Crippen LogP contribution is -2.20. The topological polar surface area (TPSA) is 299 Å². The third kappa shape index (κ3) is 11.1. The first-order valence-corrected chi connectivity index (χ1v) is 20.8. The Kier molecular flexibility index (Phi) is 16.0. The molecule has 10 N–H and O–H groups in total. The van der Waals surface area contributed by atoms with Crippen LogP contribution in [0.25, 0.3) is 22.1 Å². The van der Waals surface area contributed by atoms with Gasteiger partial charge < -0.3 is 41.5 Å². The van der Waals surface area contributed by atoms with Crippen LogP contribution in [-0.4, -0.2) is 88.8 Å². The van der Waals surface area contributed by atoms with Crippen LogP contribution < -0.4 is 43.0 Å². The molecule has 0 spiro atoms. The van der Waals surface area contributed by atoms with E-state index in [1.165, 1.54) is 43.8 Å². The normalized spacial score (nSPS) is 11.8. The van der Waals surface area contributed by atoms with E-state index in [4.69, 9.17) is 37.4 Å². The third-order valence-electron chi connectivity index (χ3n) is 9.61. The van der Waals surface area contributed by atoms with Crippen LogP contribution in [0.5, 0.6) is 11.5 Å². The molecule has 65 heavy (non-hydrogen) atoms. The minimum absolute atomic E-state index is 0.0762. The largest absolute Gasteiger partial charge is 0.494 e. The van der Waals surface area contributed by atoms with E-state index >= 15 is 0 Å². The molecule has 0 atom stereocenters. The Morgan fingerprint density at radius 1 is 0.708 bits per heavy atom. The van der Waals surface area contributed by atoms with Crippen LogP contribution in [0, 0.1) is 13.8 Å². The van der Waals surface area contributed by atoms with Crippen LogP contribution >= 0.6 is 0 Å². The SMILES string of the molecule is CC.CCn1nc(C)cc1C(=O)Nc1nc2cc(C(N)=O)cc(OC)c2n1C/C=C/Cn1c(NC(=O)c2cc(C)nn2CC)nc2cc(C(N)=O)cc(OC/C=C/CN=C/C(N)=C\N)c21. The Morgan fingerprint density at radius 2 is 1.18 bits per heavy atom. The van der Waals surface area contributed by atoms with E-state index < -0.39 is 23.6 Å². The van der Waals surface area contributed by atoms with Crippen LogP contribution in [-0.2, 0) is 26.2 Å². The highest BCUT2D eigenvalue weighted by molar-refractivity contribution is 6.05. The summed E-state index contributed by atoms with van der Waals surface area (Å²) in [5, 5.41) is 14.6. The number of aromatic nitrogens is 8. The minimum Gasteiger partial charge on any atom is -0.494 e. The van der Waals surface area contributed by atoms with E-state index in [1.807, 2.05) is 39.8 Å². The van der Waals surface area contributed by atoms with Gasteiger partial charge in [0, 0.05) is 49.7 Å². The maximum Gasteiger partial charge on any atom is 0.276 e. The number of carbonyl (C=O) groups is 4. The number of imidazole rings is 2. The lowest BCUT2D eigenvalue weighted by Gasteiger charge is -2.13. The molecule has 21 nitrogen and oxygen atoms in total. The van der Waals surface area contributed by atoms with Gasteiger partial charge in [-0.3, -0.25) is 44.2 Å². The smallest absolute Gasteiger partial charge is 0.276 e. The Morgan fingerprint density at radius 3 is 1.63 bits per heavy atom. The number of rotatable bonds is 19. The highest BCUT2D eigenvalue weighted by atomic mass is 16.5. The van der Waals surface area contributed by atoms with E-state index in [2.05, 4.69) is 30.8 Å². The van der Waals surface area contributed by atoms with Crippen molar-refractivity contribution in [2.24, 2.45) is 27.9 Å². The zero-order chi connectivity index (χ0) is 47.4. The molecule has 0 fully saturated rings. The van der Waals surface area contributed by atoms with Crippen LogP contribution in [0.2, 0.25) is 0 Å². The number of hydrogen-bond acceptors (Lipinski definition) is 13. The Balaban J connectivity index is 0.00000391. The number of aryl methyl sites for hydroxylation is 4. The predicted molar refractivity (Wildman–Crippen MR) is 249 cm³/mol. The molecule has 21 heteroatoms. The van der Waals surface area contributed by atoms with Gasteiger partial charge in [-0.05, 0) is 70.2 Å². The number of nitrogens with two attached hydrogens (primary N) is 4. The van der Waals surface area contributed by atoms with E-state index in [-0.39, 0.29) is 48.5 Å². The molecule has 0 aliphatic carbocycles. The van der Waals surface area contributed by atoms with Gasteiger partial charge in [-0.1, -0.05) is 32.1 Å². The summed E-state index contributed by atoms with van der Waals surface area (Å²) in [6.45, 7) is 12.9. The van der Waals surface area contributed by atoms with E-state index in [9.17, 15) is 19.2 Å². The second-order valence-electron chi connectivity index (χ2n) is 14.0. The van der Waals surface area contributed by atoms with Crippen molar-refractivity contribution < 1.29 is 28.7 Å². The molecule has 2 aromatic carbocycles. The summed E-state index contributed by atoms with van der Waals surface area (Å²) >= 11 is 0. The predicted octanol–water partition coefficient (Wildman–Crippen LogP) is 4.19. The van der Waals surface area contributed by atoms with Crippen LogP contribution in [0.4, 0.5) is 11.9 Å². The summed E-state index contributed by atoms with van der Waals surface area (Å²) in [6.07, 6.45) is 9.82. The number of ether oxygens (including phenoxy) is 2. The van der Waals surface area contributed by atoms with Gasteiger partial charge in [0.15, 0.2) is 0 Å². The lowest BCUT2D eigenvalue weighted by atomic mass is 10.1. The monoisotopic (exact) mass is 889 g/mol. The average molecular weight is 890 g/mol. The van der Waals surface area contributed by atoms with Crippen molar-refractivity contribution in [3.8, 4) is 11.5 Å². The van der Waals surface area contributed by atoms with Crippen LogP contribution in [0.3, 0.4) is 0 Å². The van der Waals surface area contributed by atoms with Gasteiger partial charge in [0.1, 0.15) is 40.5 Å². The van der Waals surface area contributed by atoms with Gasteiger partial charge in [-0.25, -0.2) is 9.97 Å². The van der Waals surface area contributed by atoms with E-state index in [1.54, 1.807) is 56.6 Å². The summed E-state index contributed by atoms with van der Waals surface area (Å²) in [7, 11) is 1.45. The van der Waals surface area contributed by atoms with Crippen molar-refractivity contribution in [3.05, 3.63) is 107 Å². The Labute approximate surface area is 374 Å². The highest BCUT2D eigenvalue weighted by Gasteiger charge is 2.23. The van der Waals surface area contributed by atoms with Crippen molar-refractivity contribution in [2.45, 2.75) is 67.7 Å². The standard InChI is InChI=1S/C42H49N15O6.C2H6/c1-6-56-31(16-24(3)52-56)39(60)50-41-48-29-18-26(37(45)58)20-33(62-5)35(29)54(41)13-9-10-14-55-36-30(49-42(55)51-40(61)32-17-25(4)53-57(32)7-2)19-27(38(46)59)21-34(36)63-15-11-8-12-47-23-28(44)22-43;1-2/h8-11,16-23H,6-7,12-15,43-44H2,1-5H3,(H2,45,58)(H2,46,59)(H,48,50,60)(H,49,51,61);1-2H3/b10-9+,11-8+,28-22+,47-23?;. The number of allylic oxidation sites excluding steroid dienone is 3. The number of primary amides is 2. The van der Waals surface area contributed by atoms with Crippen molar-refractivity contribution >= 4 is 63.8 Å². The lowest BCUT2D eigenvalue weighted by molar-refractivity contribution is 0.0991. The highest BCUT2D eigenvalue weighted by Crippen LogP contribution is 2.33. The number of nitrogens with one attached hydrogen (secondary N) is 2. The van der Waals surface area contributed by atoms with Gasteiger partial charge >= 0.3 is 0 Å². The summed E-state index contributed by atoms with van der Waals surface area (Å²) in [6, 6.07) is 9.41. The van der Waals surface area contributed by atoms with E-state index in [0.717, 1.165) is 0 Å². The van der Waals surface area contributed by atoms with Crippen LogP contribution in [0.1, 0.15) is 80.8 Å². The molecule has 4 amide bonds. The summed E-state index contributed by atoms with van der Waals surface area (Å²) in [5.74, 6) is -1.42. The fourth-order valence-electron chi connectivity index (χ4n) is 6.73. The Bertz CT molecular complexity index is 2840. The molecule has 0 saturated carbocycles. The molecule has 0 aliphatic heterocycles. The number of aliphatic imine (C=N–C) groups is 1. The van der Waals surface area contributed by atoms with Crippen molar-refractivity contribution in [2.75, 3.05) is 30.9 Å². The number of amides is 4. The molecule has 4 aromatic heterocycles. The van der Waals surface area contributed by atoms with Gasteiger partial charge in [0.05, 0.1) is 41.8 Å². The van der Waals surface area contributed by atoms with Crippen molar-refractivity contribution in [1.82, 2.24) is 38.7 Å². The number of hydrogen-bond donors (Lipinski definition) is 6. The first-order chi connectivity index (χ1) is 31.3. The Hall–Kier alpha value is -8.23. The molecule has 0 saturated heterocycles. The van der Waals surface area contributed by atoms with Crippen molar-refractivity contribution in [1.29, 1.82) is 0 Å². The zero-order valence-corrected chi connectivity index (χ0v) is 37.5. The zero-order valence-electron chi connectivity index (χ0n) is 37.5. The summed E-state index contributed by atoms with van der Waals surface area (Å²) in [4.78, 5) is 65.8. The second kappa shape index (κ2) is 21.7. The summed E-state index contributed by atoms with van der Waals surface area (Å²) < 4.78 is 18.5.